The van der Waals surface area contributed by atoms with Crippen LogP contribution in [0.25, 0.3) is 0 Å². The van der Waals surface area contributed by atoms with Gasteiger partial charge >= 0.3 is 6.61 Å². The van der Waals surface area contributed by atoms with E-state index in [1.54, 1.807) is 18.2 Å². The van der Waals surface area contributed by atoms with Crippen LogP contribution in [0.2, 0.25) is 0 Å². The van der Waals surface area contributed by atoms with Crippen LogP contribution in [0.1, 0.15) is 5.56 Å². The Morgan fingerprint density at radius 1 is 1.43 bits per heavy atom. The van der Waals surface area contributed by atoms with Crippen LogP contribution in [0, 0.1) is 0 Å². The molecule has 0 amide bonds. The number of rotatable bonds is 4. The number of ether oxygens (including phenoxy) is 2. The van der Waals surface area contributed by atoms with Gasteiger partial charge in [0.25, 0.3) is 0 Å². The highest BCUT2D eigenvalue weighted by Gasteiger charge is 2.13. The minimum atomic E-state index is -2.86. The van der Waals surface area contributed by atoms with Gasteiger partial charge in [0.1, 0.15) is 0 Å². The summed E-state index contributed by atoms with van der Waals surface area (Å²) in [6, 6.07) is 4.92. The molecule has 1 aromatic carbocycles. The highest BCUT2D eigenvalue weighted by molar-refractivity contribution is 7.79. The summed E-state index contributed by atoms with van der Waals surface area (Å²) in [5.74, 6) is 0.663. The quantitative estimate of drug-likeness (QED) is 0.786. The third-order valence-corrected chi connectivity index (χ3v) is 2.00. The standard InChI is InChI=1S/C9H10F2O2S/c1-12-7-4-2-3-6(5-14)8(7)13-9(10)11/h2-4,9,14H,5H2,1H3. The Morgan fingerprint density at radius 3 is 2.64 bits per heavy atom. The summed E-state index contributed by atoms with van der Waals surface area (Å²) >= 11 is 4.01. The van der Waals surface area contributed by atoms with Gasteiger partial charge in [0.2, 0.25) is 0 Å². The second-order valence-electron chi connectivity index (χ2n) is 2.49. The predicted molar refractivity (Wildman–Crippen MR) is 52.3 cm³/mol. The fraction of sp³-hybridized carbons (Fsp3) is 0.333. The third-order valence-electron chi connectivity index (χ3n) is 1.66. The second kappa shape index (κ2) is 5.05. The smallest absolute Gasteiger partial charge is 0.387 e. The average Bonchev–Trinajstić information content (AvgIpc) is 2.17. The lowest BCUT2D eigenvalue weighted by Crippen LogP contribution is -2.05. The summed E-state index contributed by atoms with van der Waals surface area (Å²) in [6.45, 7) is -2.86. The van der Waals surface area contributed by atoms with Crippen molar-refractivity contribution in [3.8, 4) is 11.5 Å². The van der Waals surface area contributed by atoms with Crippen LogP contribution in [0.3, 0.4) is 0 Å². The van der Waals surface area contributed by atoms with Crippen LogP contribution in [-0.2, 0) is 5.75 Å². The first kappa shape index (κ1) is 11.1. The van der Waals surface area contributed by atoms with Crippen molar-refractivity contribution in [3.63, 3.8) is 0 Å². The summed E-state index contributed by atoms with van der Waals surface area (Å²) < 4.78 is 33.3. The molecular weight excluding hydrogens is 210 g/mol. The van der Waals surface area contributed by atoms with Gasteiger partial charge in [-0.25, -0.2) is 0 Å². The molecule has 0 bridgehead atoms. The molecule has 0 aliphatic rings. The minimum Gasteiger partial charge on any atom is -0.493 e. The van der Waals surface area contributed by atoms with Crippen LogP contribution in [-0.4, -0.2) is 13.7 Å². The van der Waals surface area contributed by atoms with Crippen molar-refractivity contribution in [2.75, 3.05) is 7.11 Å². The number of para-hydroxylation sites is 1. The number of methoxy groups -OCH3 is 1. The van der Waals surface area contributed by atoms with E-state index in [2.05, 4.69) is 17.4 Å². The van der Waals surface area contributed by atoms with E-state index in [9.17, 15) is 8.78 Å². The van der Waals surface area contributed by atoms with Crippen molar-refractivity contribution >= 4 is 12.6 Å². The van der Waals surface area contributed by atoms with Crippen LogP contribution in [0.5, 0.6) is 11.5 Å². The van der Waals surface area contributed by atoms with Gasteiger partial charge in [-0.2, -0.15) is 21.4 Å². The average molecular weight is 220 g/mol. The molecular formula is C9H10F2O2S. The molecule has 0 aromatic heterocycles. The topological polar surface area (TPSA) is 18.5 Å². The zero-order chi connectivity index (χ0) is 10.6. The number of halogens is 2. The summed E-state index contributed by atoms with van der Waals surface area (Å²) in [4.78, 5) is 0. The molecule has 78 valence electrons. The molecule has 0 saturated heterocycles. The molecule has 2 nitrogen and oxygen atoms in total. The fourth-order valence-corrected chi connectivity index (χ4v) is 1.32. The maximum absolute atomic E-state index is 12.1. The van der Waals surface area contributed by atoms with Crippen LogP contribution < -0.4 is 9.47 Å². The van der Waals surface area contributed by atoms with E-state index in [-0.39, 0.29) is 11.5 Å². The lowest BCUT2D eigenvalue weighted by molar-refractivity contribution is -0.0517. The van der Waals surface area contributed by atoms with Crippen molar-refractivity contribution < 1.29 is 18.3 Å². The Hall–Kier alpha value is -0.970. The number of benzene rings is 1. The number of hydrogen-bond acceptors (Lipinski definition) is 3. The summed E-state index contributed by atoms with van der Waals surface area (Å²) in [5, 5.41) is 0. The number of hydrogen-bond donors (Lipinski definition) is 1. The molecule has 1 aromatic rings. The van der Waals surface area contributed by atoms with E-state index in [1.165, 1.54) is 7.11 Å². The van der Waals surface area contributed by atoms with E-state index >= 15 is 0 Å². The molecule has 5 heteroatoms. The lowest BCUT2D eigenvalue weighted by Gasteiger charge is -2.12. The highest BCUT2D eigenvalue weighted by atomic mass is 32.1. The molecule has 0 aliphatic heterocycles. The summed E-state index contributed by atoms with van der Waals surface area (Å²) in [6.07, 6.45) is 0. The van der Waals surface area contributed by atoms with Crippen LogP contribution in [0.4, 0.5) is 8.78 Å². The molecule has 0 aliphatic carbocycles. The Kier molecular flexibility index (Phi) is 4.00. The van der Waals surface area contributed by atoms with E-state index in [1.807, 2.05) is 0 Å². The Balaban J connectivity index is 3.05. The van der Waals surface area contributed by atoms with Gasteiger partial charge < -0.3 is 9.47 Å². The fourth-order valence-electron chi connectivity index (χ4n) is 1.07. The molecule has 0 heterocycles. The van der Waals surface area contributed by atoms with Gasteiger partial charge in [0.15, 0.2) is 11.5 Å². The van der Waals surface area contributed by atoms with E-state index in [4.69, 9.17) is 4.74 Å². The van der Waals surface area contributed by atoms with Crippen molar-refractivity contribution in [1.29, 1.82) is 0 Å². The third kappa shape index (κ3) is 2.51. The Labute approximate surface area is 86.2 Å². The number of alkyl halides is 2. The number of thiol groups is 1. The van der Waals surface area contributed by atoms with Crippen molar-refractivity contribution in [3.05, 3.63) is 23.8 Å². The van der Waals surface area contributed by atoms with Gasteiger partial charge in [-0.1, -0.05) is 12.1 Å². The monoisotopic (exact) mass is 220 g/mol. The van der Waals surface area contributed by atoms with Gasteiger partial charge in [-0.3, -0.25) is 0 Å². The molecule has 0 saturated carbocycles. The molecule has 0 N–H and O–H groups in total. The molecule has 1 rings (SSSR count). The molecule has 14 heavy (non-hydrogen) atoms. The van der Waals surface area contributed by atoms with E-state index in [0.29, 0.717) is 11.3 Å². The lowest BCUT2D eigenvalue weighted by atomic mass is 10.2. The van der Waals surface area contributed by atoms with Gasteiger partial charge in [-0.05, 0) is 6.07 Å². The first-order chi connectivity index (χ1) is 6.69. The van der Waals surface area contributed by atoms with E-state index < -0.39 is 6.61 Å². The van der Waals surface area contributed by atoms with E-state index in [0.717, 1.165) is 0 Å². The van der Waals surface area contributed by atoms with Gasteiger partial charge in [0, 0.05) is 11.3 Å². The van der Waals surface area contributed by atoms with Gasteiger partial charge in [-0.15, -0.1) is 0 Å². The first-order valence-electron chi connectivity index (χ1n) is 3.90. The molecule has 0 fully saturated rings. The molecule has 0 unspecified atom stereocenters. The maximum atomic E-state index is 12.1. The van der Waals surface area contributed by atoms with Crippen molar-refractivity contribution in [2.24, 2.45) is 0 Å². The highest BCUT2D eigenvalue weighted by Crippen LogP contribution is 2.33. The molecule has 0 spiro atoms. The summed E-state index contributed by atoms with van der Waals surface area (Å²) in [5.41, 5.74) is 0.577. The molecule has 0 radical (unpaired) electrons. The van der Waals surface area contributed by atoms with Crippen LogP contribution in [0.15, 0.2) is 18.2 Å². The largest absolute Gasteiger partial charge is 0.493 e. The van der Waals surface area contributed by atoms with Crippen LogP contribution >= 0.6 is 12.6 Å². The maximum Gasteiger partial charge on any atom is 0.387 e. The summed E-state index contributed by atoms with van der Waals surface area (Å²) in [7, 11) is 1.40. The van der Waals surface area contributed by atoms with Gasteiger partial charge in [0.05, 0.1) is 7.11 Å². The van der Waals surface area contributed by atoms with Crippen molar-refractivity contribution in [1.82, 2.24) is 0 Å². The zero-order valence-electron chi connectivity index (χ0n) is 7.54. The SMILES string of the molecule is COc1cccc(CS)c1OC(F)F. The predicted octanol–water partition coefficient (Wildman–Crippen LogP) is 2.73. The van der Waals surface area contributed by atoms with Crippen molar-refractivity contribution in [2.45, 2.75) is 12.4 Å². The second-order valence-corrected chi connectivity index (χ2v) is 2.80. The zero-order valence-corrected chi connectivity index (χ0v) is 8.43. The molecule has 0 atom stereocenters. The normalized spacial score (nSPS) is 10.4. The Morgan fingerprint density at radius 2 is 2.14 bits per heavy atom. The first-order valence-corrected chi connectivity index (χ1v) is 4.53. The Bertz CT molecular complexity index is 283. The minimum absolute atomic E-state index is 0.0556.